The van der Waals surface area contributed by atoms with Crippen LogP contribution in [0.15, 0.2) is 58.7 Å². The van der Waals surface area contributed by atoms with E-state index >= 15 is 0 Å². The van der Waals surface area contributed by atoms with E-state index in [0.717, 1.165) is 16.8 Å². The molecular weight excluding hydrogens is 305 g/mol. The van der Waals surface area contributed by atoms with Crippen molar-refractivity contribution in [3.8, 4) is 0 Å². The number of benzene rings is 2. The summed E-state index contributed by atoms with van der Waals surface area (Å²) in [6.45, 7) is 0. The van der Waals surface area contributed by atoms with Gasteiger partial charge in [0, 0.05) is 17.9 Å². The Balaban J connectivity index is 2.06. The fourth-order valence-electron chi connectivity index (χ4n) is 2.41. The lowest BCUT2D eigenvalue weighted by Gasteiger charge is -2.22. The van der Waals surface area contributed by atoms with E-state index < -0.39 is 0 Å². The van der Waals surface area contributed by atoms with E-state index in [1.165, 1.54) is 0 Å². The van der Waals surface area contributed by atoms with E-state index in [0.29, 0.717) is 22.3 Å². The van der Waals surface area contributed by atoms with E-state index in [1.807, 2.05) is 30.3 Å². The third kappa shape index (κ3) is 2.94. The van der Waals surface area contributed by atoms with Crippen molar-refractivity contribution >= 4 is 34.7 Å². The van der Waals surface area contributed by atoms with Crippen LogP contribution >= 0.6 is 23.2 Å². The van der Waals surface area contributed by atoms with Crippen LogP contribution in [0.3, 0.4) is 0 Å². The summed E-state index contributed by atoms with van der Waals surface area (Å²) in [4.78, 5) is 0. The van der Waals surface area contributed by atoms with E-state index in [9.17, 15) is 0 Å². The number of rotatable bonds is 2. The van der Waals surface area contributed by atoms with Gasteiger partial charge in [-0.2, -0.15) is 5.10 Å². The lowest BCUT2D eigenvalue weighted by Crippen LogP contribution is -2.25. The van der Waals surface area contributed by atoms with Gasteiger partial charge in [0.15, 0.2) is 0 Å². The maximum absolute atomic E-state index is 6.11. The Labute approximate surface area is 133 Å². The molecule has 0 spiro atoms. The highest BCUT2D eigenvalue weighted by molar-refractivity contribution is 6.42. The number of amidine groups is 1. The SMILES string of the molecule is NC1=NN=C(c2ccc(Cl)c(Cl)c2)C(c2ccccc2)C1. The molecule has 1 heterocycles. The van der Waals surface area contributed by atoms with Crippen molar-refractivity contribution in [2.24, 2.45) is 15.9 Å². The van der Waals surface area contributed by atoms with Gasteiger partial charge in [0.05, 0.1) is 15.8 Å². The van der Waals surface area contributed by atoms with Crippen LogP contribution < -0.4 is 5.73 Å². The van der Waals surface area contributed by atoms with Gasteiger partial charge in [-0.15, -0.1) is 5.10 Å². The standard InChI is InChI=1S/C16H13Cl2N3/c17-13-7-6-11(8-14(13)18)16-12(9-15(19)20-21-16)10-4-2-1-3-5-10/h1-8,12H,9H2,(H2,19,20). The van der Waals surface area contributed by atoms with Crippen LogP contribution in [0.25, 0.3) is 0 Å². The zero-order chi connectivity index (χ0) is 14.8. The molecule has 5 heteroatoms. The minimum atomic E-state index is 0.0703. The average Bonchev–Trinajstić information content (AvgIpc) is 2.51. The Kier molecular flexibility index (Phi) is 3.95. The van der Waals surface area contributed by atoms with Crippen molar-refractivity contribution in [3.63, 3.8) is 0 Å². The van der Waals surface area contributed by atoms with Gasteiger partial charge >= 0.3 is 0 Å². The van der Waals surface area contributed by atoms with Crippen LogP contribution in [0.5, 0.6) is 0 Å². The largest absolute Gasteiger partial charge is 0.386 e. The summed E-state index contributed by atoms with van der Waals surface area (Å²) in [5.41, 5.74) is 8.77. The fourth-order valence-corrected chi connectivity index (χ4v) is 2.71. The first-order valence-electron chi connectivity index (χ1n) is 6.55. The lowest BCUT2D eigenvalue weighted by atomic mass is 9.86. The van der Waals surface area contributed by atoms with Gasteiger partial charge in [0.2, 0.25) is 0 Å². The maximum Gasteiger partial charge on any atom is 0.123 e. The summed E-state index contributed by atoms with van der Waals surface area (Å²) in [7, 11) is 0. The molecule has 21 heavy (non-hydrogen) atoms. The van der Waals surface area contributed by atoms with Crippen molar-refractivity contribution in [1.82, 2.24) is 0 Å². The summed E-state index contributed by atoms with van der Waals surface area (Å²) in [5.74, 6) is 0.605. The van der Waals surface area contributed by atoms with E-state index in [-0.39, 0.29) is 5.92 Å². The van der Waals surface area contributed by atoms with Crippen LogP contribution in [0.1, 0.15) is 23.5 Å². The van der Waals surface area contributed by atoms with Gasteiger partial charge in [-0.3, -0.25) is 0 Å². The molecule has 106 valence electrons. The molecule has 0 aliphatic carbocycles. The molecular formula is C16H13Cl2N3. The molecule has 2 aromatic carbocycles. The quantitative estimate of drug-likeness (QED) is 0.884. The monoisotopic (exact) mass is 317 g/mol. The summed E-state index contributed by atoms with van der Waals surface area (Å²) in [6, 6.07) is 15.6. The Hall–Kier alpha value is -1.84. The van der Waals surface area contributed by atoms with Crippen molar-refractivity contribution in [2.75, 3.05) is 0 Å². The van der Waals surface area contributed by atoms with Crippen LogP contribution in [0.4, 0.5) is 0 Å². The molecule has 0 radical (unpaired) electrons. The van der Waals surface area contributed by atoms with E-state index in [4.69, 9.17) is 28.9 Å². The van der Waals surface area contributed by atoms with Gasteiger partial charge in [0.1, 0.15) is 5.84 Å². The highest BCUT2D eigenvalue weighted by atomic mass is 35.5. The molecule has 1 aliphatic heterocycles. The first-order valence-corrected chi connectivity index (χ1v) is 7.31. The number of halogens is 2. The van der Waals surface area contributed by atoms with E-state index in [2.05, 4.69) is 22.3 Å². The Morgan fingerprint density at radius 3 is 2.43 bits per heavy atom. The lowest BCUT2D eigenvalue weighted by molar-refractivity contribution is 0.887. The van der Waals surface area contributed by atoms with Gasteiger partial charge in [0.25, 0.3) is 0 Å². The first-order chi connectivity index (χ1) is 10.1. The molecule has 1 atom stereocenters. The smallest absolute Gasteiger partial charge is 0.123 e. The van der Waals surface area contributed by atoms with Crippen LogP contribution in [-0.4, -0.2) is 11.5 Å². The van der Waals surface area contributed by atoms with Gasteiger partial charge in [-0.1, -0.05) is 59.6 Å². The summed E-state index contributed by atoms with van der Waals surface area (Å²) >= 11 is 12.1. The Morgan fingerprint density at radius 2 is 1.71 bits per heavy atom. The minimum Gasteiger partial charge on any atom is -0.386 e. The normalized spacial score (nSPS) is 18.1. The van der Waals surface area contributed by atoms with Crippen LogP contribution in [0.2, 0.25) is 10.0 Å². The number of hydrogen-bond acceptors (Lipinski definition) is 3. The second kappa shape index (κ2) is 5.88. The molecule has 0 saturated heterocycles. The third-order valence-corrected chi connectivity index (χ3v) is 4.19. The number of nitrogens with two attached hydrogens (primary N) is 1. The molecule has 3 nitrogen and oxygen atoms in total. The molecule has 0 aromatic heterocycles. The van der Waals surface area contributed by atoms with Gasteiger partial charge in [-0.25, -0.2) is 0 Å². The molecule has 2 N–H and O–H groups in total. The molecule has 0 bridgehead atoms. The molecule has 2 aromatic rings. The maximum atomic E-state index is 6.11. The number of hydrogen-bond donors (Lipinski definition) is 1. The average molecular weight is 318 g/mol. The molecule has 0 fully saturated rings. The van der Waals surface area contributed by atoms with Crippen molar-refractivity contribution < 1.29 is 0 Å². The molecule has 1 aliphatic rings. The van der Waals surface area contributed by atoms with E-state index in [1.54, 1.807) is 6.07 Å². The summed E-state index contributed by atoms with van der Waals surface area (Å²) in [5, 5.41) is 9.34. The summed E-state index contributed by atoms with van der Waals surface area (Å²) < 4.78 is 0. The molecule has 0 amide bonds. The Bertz CT molecular complexity index is 724. The molecule has 1 unspecified atom stereocenters. The van der Waals surface area contributed by atoms with Gasteiger partial charge in [-0.05, 0) is 17.7 Å². The summed E-state index contributed by atoms with van der Waals surface area (Å²) in [6.07, 6.45) is 0.642. The van der Waals surface area contributed by atoms with Crippen molar-refractivity contribution in [2.45, 2.75) is 12.3 Å². The van der Waals surface area contributed by atoms with Crippen LogP contribution in [0, 0.1) is 0 Å². The Morgan fingerprint density at radius 1 is 0.952 bits per heavy atom. The minimum absolute atomic E-state index is 0.0703. The molecule has 3 rings (SSSR count). The number of nitrogens with zero attached hydrogens (tertiary/aromatic N) is 2. The predicted octanol–water partition coefficient (Wildman–Crippen LogP) is 4.24. The fraction of sp³-hybridized carbons (Fsp3) is 0.125. The zero-order valence-corrected chi connectivity index (χ0v) is 12.6. The van der Waals surface area contributed by atoms with Crippen molar-refractivity contribution in [1.29, 1.82) is 0 Å². The predicted molar refractivity (Wildman–Crippen MR) is 88.4 cm³/mol. The third-order valence-electron chi connectivity index (χ3n) is 3.45. The first kappa shape index (κ1) is 14.1. The topological polar surface area (TPSA) is 50.7 Å². The highest BCUT2D eigenvalue weighted by Gasteiger charge is 2.24. The molecule has 0 saturated carbocycles. The van der Waals surface area contributed by atoms with Crippen LogP contribution in [-0.2, 0) is 0 Å². The van der Waals surface area contributed by atoms with Crippen molar-refractivity contribution in [3.05, 3.63) is 69.7 Å². The van der Waals surface area contributed by atoms with Gasteiger partial charge < -0.3 is 5.73 Å². The highest BCUT2D eigenvalue weighted by Crippen LogP contribution is 2.30. The second-order valence-electron chi connectivity index (χ2n) is 4.87. The zero-order valence-electron chi connectivity index (χ0n) is 11.1. The second-order valence-corrected chi connectivity index (χ2v) is 5.69.